The van der Waals surface area contributed by atoms with Gasteiger partial charge in [-0.2, -0.15) is 0 Å². The van der Waals surface area contributed by atoms with Crippen molar-refractivity contribution in [2.45, 2.75) is 6.42 Å². The molecule has 0 bridgehead atoms. The molecule has 1 amide bonds. The second-order valence-electron chi connectivity index (χ2n) is 1.96. The number of primary amides is 1. The smallest absolute Gasteiger partial charge is 0.222 e. The summed E-state index contributed by atoms with van der Waals surface area (Å²) < 4.78 is 4.92. The van der Waals surface area contributed by atoms with Gasteiger partial charge in [-0.25, -0.2) is 0 Å². The molecule has 0 aromatic carbocycles. The first-order valence-corrected chi connectivity index (χ1v) is 2.68. The van der Waals surface area contributed by atoms with Gasteiger partial charge in [0.2, 0.25) is 5.91 Å². The third-order valence-corrected chi connectivity index (χ3v) is 1.33. The molecule has 3 nitrogen and oxygen atoms in total. The molecule has 46 valence electrons. The fourth-order valence-electron chi connectivity index (χ4n) is 0.759. The highest BCUT2D eigenvalue weighted by Gasteiger charge is 2.20. The van der Waals surface area contributed by atoms with E-state index in [9.17, 15) is 4.79 Å². The Morgan fingerprint density at radius 3 is 2.75 bits per heavy atom. The number of rotatable bonds is 1. The van der Waals surface area contributed by atoms with Gasteiger partial charge in [-0.05, 0) is 6.42 Å². The summed E-state index contributed by atoms with van der Waals surface area (Å²) in [5, 5.41) is 0. The average Bonchev–Trinajstić information content (AvgIpc) is 2.12. The summed E-state index contributed by atoms with van der Waals surface area (Å²) in [6, 6.07) is 0. The predicted octanol–water partition coefficient (Wildman–Crippen LogP) is -0.492. The molecule has 1 heterocycles. The van der Waals surface area contributed by atoms with E-state index >= 15 is 0 Å². The summed E-state index contributed by atoms with van der Waals surface area (Å²) in [6.45, 7) is 1.21. The molecular formula is C5H9NO2. The highest BCUT2D eigenvalue weighted by Crippen LogP contribution is 2.10. The molecule has 3 heteroatoms. The maximum atomic E-state index is 10.3. The van der Waals surface area contributed by atoms with Crippen LogP contribution in [0.1, 0.15) is 6.42 Å². The van der Waals surface area contributed by atoms with Crippen LogP contribution >= 0.6 is 0 Å². The normalized spacial score (nSPS) is 28.2. The summed E-state index contributed by atoms with van der Waals surface area (Å²) in [5.41, 5.74) is 4.98. The maximum Gasteiger partial charge on any atom is 0.222 e. The lowest BCUT2D eigenvalue weighted by molar-refractivity contribution is -0.121. The number of nitrogens with two attached hydrogens (primary N) is 1. The molecule has 0 aromatic heterocycles. The molecule has 0 spiro atoms. The van der Waals surface area contributed by atoms with Crippen molar-refractivity contribution in [2.75, 3.05) is 13.2 Å². The minimum atomic E-state index is -0.234. The van der Waals surface area contributed by atoms with Gasteiger partial charge in [-0.1, -0.05) is 0 Å². The highest BCUT2D eigenvalue weighted by atomic mass is 16.5. The second kappa shape index (κ2) is 2.13. The van der Waals surface area contributed by atoms with Gasteiger partial charge >= 0.3 is 0 Å². The van der Waals surface area contributed by atoms with Crippen LogP contribution in [0.5, 0.6) is 0 Å². The van der Waals surface area contributed by atoms with E-state index in [0.717, 1.165) is 6.42 Å². The molecule has 1 saturated heterocycles. The molecule has 1 fully saturated rings. The van der Waals surface area contributed by atoms with Crippen LogP contribution in [0.4, 0.5) is 0 Å². The van der Waals surface area contributed by atoms with Gasteiger partial charge in [0.15, 0.2) is 0 Å². The van der Waals surface area contributed by atoms with Crippen molar-refractivity contribution in [3.05, 3.63) is 0 Å². The number of hydrogen-bond donors (Lipinski definition) is 1. The first-order chi connectivity index (χ1) is 3.80. The fourth-order valence-corrected chi connectivity index (χ4v) is 0.759. The van der Waals surface area contributed by atoms with E-state index in [1.54, 1.807) is 0 Å². The quantitative estimate of drug-likeness (QED) is 0.501. The van der Waals surface area contributed by atoms with Crippen LogP contribution in [0.25, 0.3) is 0 Å². The Labute approximate surface area is 47.8 Å². The van der Waals surface area contributed by atoms with Gasteiger partial charge in [0, 0.05) is 6.61 Å². The zero-order valence-corrected chi connectivity index (χ0v) is 4.59. The van der Waals surface area contributed by atoms with Crippen LogP contribution in [0, 0.1) is 5.92 Å². The highest BCUT2D eigenvalue weighted by molar-refractivity contribution is 5.76. The van der Waals surface area contributed by atoms with Crippen molar-refractivity contribution >= 4 is 5.91 Å². The standard InChI is InChI=1S/C5H9NO2/c6-5(7)4-1-2-8-3-4/h4H,1-3H2,(H2,6,7). The SMILES string of the molecule is NC(=O)C1CCOC1. The summed E-state index contributed by atoms with van der Waals surface area (Å²) in [6.07, 6.45) is 0.801. The van der Waals surface area contributed by atoms with E-state index in [1.165, 1.54) is 0 Å². The molecule has 2 N–H and O–H groups in total. The van der Waals surface area contributed by atoms with E-state index in [-0.39, 0.29) is 11.8 Å². The maximum absolute atomic E-state index is 10.3. The zero-order chi connectivity index (χ0) is 5.98. The van der Waals surface area contributed by atoms with Crippen LogP contribution in [-0.2, 0) is 9.53 Å². The summed E-state index contributed by atoms with van der Waals surface area (Å²) >= 11 is 0. The van der Waals surface area contributed by atoms with E-state index < -0.39 is 0 Å². The molecule has 0 aromatic rings. The Morgan fingerprint density at radius 2 is 2.50 bits per heavy atom. The lowest BCUT2D eigenvalue weighted by Gasteiger charge is -1.96. The van der Waals surface area contributed by atoms with Gasteiger partial charge in [0.25, 0.3) is 0 Å². The van der Waals surface area contributed by atoms with Crippen molar-refractivity contribution < 1.29 is 9.53 Å². The molecule has 0 saturated carbocycles. The topological polar surface area (TPSA) is 52.3 Å². The molecule has 1 unspecified atom stereocenters. The zero-order valence-electron chi connectivity index (χ0n) is 4.59. The molecule has 0 radical (unpaired) electrons. The van der Waals surface area contributed by atoms with Crippen molar-refractivity contribution in [1.82, 2.24) is 0 Å². The molecule has 1 aliphatic heterocycles. The molecule has 0 aliphatic carbocycles. The third-order valence-electron chi connectivity index (χ3n) is 1.33. The van der Waals surface area contributed by atoms with E-state index in [1.807, 2.05) is 0 Å². The Kier molecular flexibility index (Phi) is 1.48. The number of carbonyl (C=O) groups is 1. The number of amides is 1. The Bertz CT molecular complexity index is 96.6. The molecule has 1 rings (SSSR count). The summed E-state index contributed by atoms with van der Waals surface area (Å²) in [7, 11) is 0. The summed E-state index contributed by atoms with van der Waals surface area (Å²) in [4.78, 5) is 10.3. The Balaban J connectivity index is 2.35. The van der Waals surface area contributed by atoms with Crippen molar-refractivity contribution in [2.24, 2.45) is 11.7 Å². The molecule has 8 heavy (non-hydrogen) atoms. The van der Waals surface area contributed by atoms with Crippen molar-refractivity contribution in [1.29, 1.82) is 0 Å². The lowest BCUT2D eigenvalue weighted by atomic mass is 10.1. The third kappa shape index (κ3) is 0.980. The van der Waals surface area contributed by atoms with Gasteiger partial charge < -0.3 is 10.5 Å². The van der Waals surface area contributed by atoms with Crippen LogP contribution in [0.3, 0.4) is 0 Å². The van der Waals surface area contributed by atoms with Gasteiger partial charge in [0.1, 0.15) is 0 Å². The van der Waals surface area contributed by atoms with Gasteiger partial charge in [0.05, 0.1) is 12.5 Å². The first kappa shape index (κ1) is 5.56. The van der Waals surface area contributed by atoms with Crippen LogP contribution in [-0.4, -0.2) is 19.1 Å². The van der Waals surface area contributed by atoms with E-state index in [2.05, 4.69) is 0 Å². The van der Waals surface area contributed by atoms with Crippen molar-refractivity contribution in [3.63, 3.8) is 0 Å². The minimum absolute atomic E-state index is 0.0185. The number of hydrogen-bond acceptors (Lipinski definition) is 2. The van der Waals surface area contributed by atoms with Gasteiger partial charge in [-0.15, -0.1) is 0 Å². The van der Waals surface area contributed by atoms with Crippen LogP contribution < -0.4 is 5.73 Å². The van der Waals surface area contributed by atoms with Crippen LogP contribution in [0.2, 0.25) is 0 Å². The molecule has 1 atom stereocenters. The van der Waals surface area contributed by atoms with Crippen molar-refractivity contribution in [3.8, 4) is 0 Å². The van der Waals surface area contributed by atoms with E-state index in [0.29, 0.717) is 13.2 Å². The van der Waals surface area contributed by atoms with E-state index in [4.69, 9.17) is 10.5 Å². The predicted molar refractivity (Wildman–Crippen MR) is 28.1 cm³/mol. The first-order valence-electron chi connectivity index (χ1n) is 2.68. The largest absolute Gasteiger partial charge is 0.381 e. The molecular weight excluding hydrogens is 106 g/mol. The fraction of sp³-hybridized carbons (Fsp3) is 0.800. The summed E-state index contributed by atoms with van der Waals surface area (Å²) in [5.74, 6) is -0.252. The van der Waals surface area contributed by atoms with Crippen LogP contribution in [0.15, 0.2) is 0 Å². The number of carbonyl (C=O) groups excluding carboxylic acids is 1. The minimum Gasteiger partial charge on any atom is -0.381 e. The lowest BCUT2D eigenvalue weighted by Crippen LogP contribution is -2.22. The number of ether oxygens (including phenoxy) is 1. The monoisotopic (exact) mass is 115 g/mol. The average molecular weight is 115 g/mol. The second-order valence-corrected chi connectivity index (χ2v) is 1.96. The Hall–Kier alpha value is -0.570. The molecule has 1 aliphatic rings. The Morgan fingerprint density at radius 1 is 1.75 bits per heavy atom. The van der Waals surface area contributed by atoms with Gasteiger partial charge in [-0.3, -0.25) is 4.79 Å².